The van der Waals surface area contributed by atoms with Crippen LogP contribution in [0.3, 0.4) is 0 Å². The van der Waals surface area contributed by atoms with Crippen molar-refractivity contribution in [1.29, 1.82) is 0 Å². The average molecular weight is 310 g/mol. The van der Waals surface area contributed by atoms with E-state index in [4.69, 9.17) is 27.8 Å². The Morgan fingerprint density at radius 1 is 1.43 bits per heavy atom. The van der Waals surface area contributed by atoms with Gasteiger partial charge in [-0.15, -0.1) is 0 Å². The first kappa shape index (κ1) is 14.5. The van der Waals surface area contributed by atoms with Crippen LogP contribution in [0.5, 0.6) is 11.6 Å². The highest BCUT2D eigenvalue weighted by Gasteiger charge is 2.20. The number of rotatable bonds is 4. The van der Waals surface area contributed by atoms with Crippen molar-refractivity contribution >= 4 is 28.9 Å². The van der Waals surface area contributed by atoms with Gasteiger partial charge in [0.15, 0.2) is 0 Å². The molecule has 0 aliphatic rings. The summed E-state index contributed by atoms with van der Waals surface area (Å²) in [6.07, 6.45) is 1.20. The number of aromatic nitrogens is 2. The highest BCUT2D eigenvalue weighted by atomic mass is 35.5. The second-order valence-electron chi connectivity index (χ2n) is 3.81. The van der Waals surface area contributed by atoms with Crippen molar-refractivity contribution in [3.05, 3.63) is 45.4 Å². The lowest BCUT2D eigenvalue weighted by molar-refractivity contribution is -0.385. The zero-order valence-corrected chi connectivity index (χ0v) is 11.1. The number of amides is 1. The number of anilines is 1. The minimum atomic E-state index is -0.797. The van der Waals surface area contributed by atoms with Crippen molar-refractivity contribution in [3.63, 3.8) is 0 Å². The van der Waals surface area contributed by atoms with E-state index in [0.29, 0.717) is 0 Å². The van der Waals surface area contributed by atoms with Crippen LogP contribution >= 0.6 is 11.6 Å². The van der Waals surface area contributed by atoms with Gasteiger partial charge in [-0.05, 0) is 23.7 Å². The Hall–Kier alpha value is -2.94. The van der Waals surface area contributed by atoms with E-state index in [-0.39, 0.29) is 28.2 Å². The molecule has 0 fully saturated rings. The van der Waals surface area contributed by atoms with Crippen molar-refractivity contribution in [2.45, 2.75) is 0 Å². The van der Waals surface area contributed by atoms with Gasteiger partial charge in [-0.3, -0.25) is 14.9 Å². The van der Waals surface area contributed by atoms with Crippen LogP contribution in [0.1, 0.15) is 10.4 Å². The molecule has 1 amide bonds. The lowest BCUT2D eigenvalue weighted by atomic mass is 10.2. The molecule has 2 aromatic rings. The van der Waals surface area contributed by atoms with Crippen LogP contribution in [-0.2, 0) is 0 Å². The van der Waals surface area contributed by atoms with Gasteiger partial charge in [0.2, 0.25) is 22.8 Å². The molecule has 0 aliphatic carbocycles. The highest BCUT2D eigenvalue weighted by Crippen LogP contribution is 2.33. The molecule has 0 aliphatic heterocycles. The number of nitrogen functional groups attached to an aromatic ring is 1. The average Bonchev–Trinajstić information content (AvgIpc) is 2.42. The maximum atomic E-state index is 11.0. The third-order valence-corrected chi connectivity index (χ3v) is 2.58. The number of nitro groups is 1. The third-order valence-electron chi connectivity index (χ3n) is 2.40. The van der Waals surface area contributed by atoms with Crippen LogP contribution in [-0.4, -0.2) is 20.8 Å². The molecule has 0 bridgehead atoms. The predicted octanol–water partition coefficient (Wildman–Crippen LogP) is 1.51. The topological polar surface area (TPSA) is 147 Å². The van der Waals surface area contributed by atoms with E-state index in [1.54, 1.807) is 0 Å². The summed E-state index contributed by atoms with van der Waals surface area (Å²) in [5, 5.41) is 10.9. The zero-order chi connectivity index (χ0) is 15.6. The normalized spacial score (nSPS) is 10.1. The molecule has 0 saturated carbocycles. The van der Waals surface area contributed by atoms with Crippen LogP contribution in [0, 0.1) is 10.1 Å². The second kappa shape index (κ2) is 5.59. The number of halogens is 1. The Balaban J connectivity index is 2.46. The van der Waals surface area contributed by atoms with E-state index >= 15 is 0 Å². The SMILES string of the molecule is NC(=O)c1ccc(Oc2nc(Cl)ncc2N)c([N+](=O)[O-])c1. The molecule has 1 aromatic carbocycles. The smallest absolute Gasteiger partial charge is 0.312 e. The quantitative estimate of drug-likeness (QED) is 0.494. The van der Waals surface area contributed by atoms with E-state index in [0.717, 1.165) is 6.07 Å². The van der Waals surface area contributed by atoms with Gasteiger partial charge in [0.25, 0.3) is 0 Å². The van der Waals surface area contributed by atoms with E-state index in [2.05, 4.69) is 9.97 Å². The minimum Gasteiger partial charge on any atom is -0.430 e. The molecule has 9 nitrogen and oxygen atoms in total. The lowest BCUT2D eigenvalue weighted by Gasteiger charge is -2.08. The number of hydrogen-bond donors (Lipinski definition) is 2. The molecule has 0 radical (unpaired) electrons. The van der Waals surface area contributed by atoms with Gasteiger partial charge in [0.05, 0.1) is 11.1 Å². The fraction of sp³-hybridized carbons (Fsp3) is 0. The van der Waals surface area contributed by atoms with Gasteiger partial charge < -0.3 is 16.2 Å². The first-order valence-electron chi connectivity index (χ1n) is 5.42. The molecule has 1 aromatic heterocycles. The molecular formula is C11H8ClN5O4. The Morgan fingerprint density at radius 3 is 2.76 bits per heavy atom. The molecule has 0 spiro atoms. The summed E-state index contributed by atoms with van der Waals surface area (Å²) >= 11 is 5.60. The third kappa shape index (κ3) is 3.15. The molecular weight excluding hydrogens is 302 g/mol. The number of carbonyl (C=O) groups excluding carboxylic acids is 1. The predicted molar refractivity (Wildman–Crippen MR) is 73.1 cm³/mol. The summed E-state index contributed by atoms with van der Waals surface area (Å²) in [4.78, 5) is 28.7. The monoisotopic (exact) mass is 309 g/mol. The van der Waals surface area contributed by atoms with Crippen LogP contribution in [0.2, 0.25) is 5.28 Å². The van der Waals surface area contributed by atoms with E-state index in [1.807, 2.05) is 0 Å². The minimum absolute atomic E-state index is 0.0252. The summed E-state index contributed by atoms with van der Waals surface area (Å²) < 4.78 is 5.26. The number of primary amides is 1. The van der Waals surface area contributed by atoms with Crippen LogP contribution in [0.15, 0.2) is 24.4 Å². The highest BCUT2D eigenvalue weighted by molar-refractivity contribution is 6.28. The lowest BCUT2D eigenvalue weighted by Crippen LogP contribution is -2.11. The first-order chi connectivity index (χ1) is 9.88. The number of benzene rings is 1. The van der Waals surface area contributed by atoms with Gasteiger partial charge in [-0.25, -0.2) is 4.98 Å². The van der Waals surface area contributed by atoms with Gasteiger partial charge >= 0.3 is 5.69 Å². The number of nitrogens with zero attached hydrogens (tertiary/aromatic N) is 3. The second-order valence-corrected chi connectivity index (χ2v) is 4.14. The van der Waals surface area contributed by atoms with Gasteiger partial charge in [-0.1, -0.05) is 0 Å². The molecule has 4 N–H and O–H groups in total. The molecule has 1 heterocycles. The van der Waals surface area contributed by atoms with Crippen LogP contribution in [0.25, 0.3) is 0 Å². The number of carbonyl (C=O) groups is 1. The standard InChI is InChI=1S/C11H8ClN5O4/c12-11-15-4-6(13)10(16-11)21-8-2-1-5(9(14)18)3-7(8)17(19)20/h1-4H,13H2,(H2,14,18). The van der Waals surface area contributed by atoms with Crippen molar-refractivity contribution in [2.75, 3.05) is 5.73 Å². The number of nitrogens with two attached hydrogens (primary N) is 2. The fourth-order valence-electron chi connectivity index (χ4n) is 1.44. The fourth-order valence-corrected chi connectivity index (χ4v) is 1.57. The van der Waals surface area contributed by atoms with Gasteiger partial charge in [0, 0.05) is 11.6 Å². The molecule has 0 saturated heterocycles. The Labute approximate surface area is 122 Å². The van der Waals surface area contributed by atoms with E-state index in [9.17, 15) is 14.9 Å². The van der Waals surface area contributed by atoms with Crippen molar-refractivity contribution in [3.8, 4) is 11.6 Å². The summed E-state index contributed by atoms with van der Waals surface area (Å²) in [5.41, 5.74) is 10.2. The Bertz CT molecular complexity index is 737. The Morgan fingerprint density at radius 2 is 2.14 bits per heavy atom. The first-order valence-corrected chi connectivity index (χ1v) is 5.80. The largest absolute Gasteiger partial charge is 0.430 e. The van der Waals surface area contributed by atoms with Crippen molar-refractivity contribution < 1.29 is 14.5 Å². The van der Waals surface area contributed by atoms with Gasteiger partial charge in [-0.2, -0.15) is 4.98 Å². The number of nitro benzene ring substituents is 1. The molecule has 108 valence electrons. The van der Waals surface area contributed by atoms with Crippen LogP contribution < -0.4 is 16.2 Å². The van der Waals surface area contributed by atoms with Gasteiger partial charge in [0.1, 0.15) is 5.69 Å². The number of ether oxygens (including phenoxy) is 1. The summed E-state index contributed by atoms with van der Waals surface area (Å²) in [6.45, 7) is 0. The molecule has 10 heteroatoms. The van der Waals surface area contributed by atoms with Crippen LogP contribution in [0.4, 0.5) is 11.4 Å². The molecule has 2 rings (SSSR count). The molecule has 0 atom stereocenters. The summed E-state index contributed by atoms with van der Waals surface area (Å²) in [7, 11) is 0. The van der Waals surface area contributed by atoms with Crippen molar-refractivity contribution in [2.24, 2.45) is 5.73 Å². The zero-order valence-electron chi connectivity index (χ0n) is 10.3. The maximum Gasteiger partial charge on any atom is 0.312 e. The summed E-state index contributed by atoms with van der Waals surface area (Å²) in [5.74, 6) is -1.09. The molecule has 0 unspecified atom stereocenters. The number of hydrogen-bond acceptors (Lipinski definition) is 7. The van der Waals surface area contributed by atoms with E-state index in [1.165, 1.54) is 18.3 Å². The Kier molecular flexibility index (Phi) is 3.85. The van der Waals surface area contributed by atoms with Crippen molar-refractivity contribution in [1.82, 2.24) is 9.97 Å². The summed E-state index contributed by atoms with van der Waals surface area (Å²) in [6, 6.07) is 3.49. The maximum absolute atomic E-state index is 11.0. The van der Waals surface area contributed by atoms with E-state index < -0.39 is 16.5 Å². The molecule has 21 heavy (non-hydrogen) atoms.